The van der Waals surface area contributed by atoms with E-state index in [1.807, 2.05) is 24.3 Å². The molecule has 5 nitrogen and oxygen atoms in total. The van der Waals surface area contributed by atoms with Gasteiger partial charge in [0.25, 0.3) is 0 Å². The van der Waals surface area contributed by atoms with Gasteiger partial charge in [0.15, 0.2) is 5.82 Å². The smallest absolute Gasteiger partial charge is 0.161 e. The third kappa shape index (κ3) is 2.42. The fourth-order valence-electron chi connectivity index (χ4n) is 2.26. The molecule has 2 N–H and O–H groups in total. The fourth-order valence-corrected chi connectivity index (χ4v) is 2.42. The van der Waals surface area contributed by atoms with Crippen molar-refractivity contribution in [1.29, 1.82) is 0 Å². The van der Waals surface area contributed by atoms with Gasteiger partial charge in [0.2, 0.25) is 0 Å². The van der Waals surface area contributed by atoms with E-state index >= 15 is 0 Å². The van der Waals surface area contributed by atoms with Crippen LogP contribution in [-0.2, 0) is 6.54 Å². The van der Waals surface area contributed by atoms with Crippen molar-refractivity contribution in [3.05, 3.63) is 47.7 Å². The largest absolute Gasteiger partial charge is 0.491 e. The summed E-state index contributed by atoms with van der Waals surface area (Å²) in [6.07, 6.45) is 1.60. The first-order valence-corrected chi connectivity index (χ1v) is 6.73. The molecule has 0 fully saturated rings. The van der Waals surface area contributed by atoms with Gasteiger partial charge in [-0.1, -0.05) is 30.4 Å². The number of nitrogens with two attached hydrogens (primary N) is 1. The van der Waals surface area contributed by atoms with E-state index in [1.165, 1.54) is 0 Å². The molecule has 20 heavy (non-hydrogen) atoms. The summed E-state index contributed by atoms with van der Waals surface area (Å²) in [5.41, 5.74) is 7.62. The first-order chi connectivity index (χ1) is 9.75. The van der Waals surface area contributed by atoms with Crippen LogP contribution in [-0.4, -0.2) is 28.3 Å². The quantitative estimate of drug-likeness (QED) is 0.844. The highest BCUT2D eigenvalue weighted by atomic mass is 32.1. The Hall–Kier alpha value is -2.21. The van der Waals surface area contributed by atoms with Gasteiger partial charge < -0.3 is 15.4 Å². The summed E-state index contributed by atoms with van der Waals surface area (Å²) >= 11 is 5.08. The standard InChI is InChI=1S/C14H14N4OS/c15-13(20)11-5-6-16-17-14(11)18-7-8-19-12-4-2-1-3-10(12)9-18/h1-6H,7-9H2,(H2,15,20). The average Bonchev–Trinajstić information content (AvgIpc) is 2.69. The number of ether oxygens (including phenoxy) is 1. The minimum absolute atomic E-state index is 0.327. The van der Waals surface area contributed by atoms with E-state index < -0.39 is 0 Å². The van der Waals surface area contributed by atoms with Crippen LogP contribution < -0.4 is 15.4 Å². The Kier molecular flexibility index (Phi) is 3.47. The molecule has 0 spiro atoms. The third-order valence-electron chi connectivity index (χ3n) is 3.22. The molecule has 1 aliphatic rings. The molecule has 0 radical (unpaired) electrons. The van der Waals surface area contributed by atoms with Crippen LogP contribution in [0.25, 0.3) is 0 Å². The molecule has 0 saturated carbocycles. The van der Waals surface area contributed by atoms with Crippen LogP contribution in [0.1, 0.15) is 11.1 Å². The minimum atomic E-state index is 0.327. The second-order valence-corrected chi connectivity index (χ2v) is 4.95. The zero-order valence-corrected chi connectivity index (χ0v) is 11.6. The maximum absolute atomic E-state index is 5.76. The Morgan fingerprint density at radius 3 is 3.00 bits per heavy atom. The van der Waals surface area contributed by atoms with Crippen molar-refractivity contribution < 1.29 is 4.74 Å². The first-order valence-electron chi connectivity index (χ1n) is 6.33. The van der Waals surface area contributed by atoms with Gasteiger partial charge in [-0.3, -0.25) is 0 Å². The Labute approximate surface area is 122 Å². The number of hydrogen-bond acceptors (Lipinski definition) is 5. The van der Waals surface area contributed by atoms with Crippen molar-refractivity contribution in [2.24, 2.45) is 5.73 Å². The second kappa shape index (κ2) is 5.42. The molecule has 1 aromatic carbocycles. The number of para-hydroxylation sites is 1. The van der Waals surface area contributed by atoms with Gasteiger partial charge >= 0.3 is 0 Å². The second-order valence-electron chi connectivity index (χ2n) is 4.51. The van der Waals surface area contributed by atoms with Gasteiger partial charge in [-0.05, 0) is 12.1 Å². The summed E-state index contributed by atoms with van der Waals surface area (Å²) in [6, 6.07) is 9.78. The van der Waals surface area contributed by atoms with Crippen LogP contribution in [0, 0.1) is 0 Å². The summed E-state index contributed by atoms with van der Waals surface area (Å²) in [4.78, 5) is 2.42. The topological polar surface area (TPSA) is 64.3 Å². The van der Waals surface area contributed by atoms with Crippen molar-refractivity contribution in [3.63, 3.8) is 0 Å². The van der Waals surface area contributed by atoms with Gasteiger partial charge in [0, 0.05) is 12.1 Å². The maximum atomic E-state index is 5.76. The molecule has 2 aromatic rings. The highest BCUT2D eigenvalue weighted by molar-refractivity contribution is 7.80. The van der Waals surface area contributed by atoms with Gasteiger partial charge in [-0.15, -0.1) is 5.10 Å². The molecule has 2 heterocycles. The number of nitrogens with zero attached hydrogens (tertiary/aromatic N) is 3. The SMILES string of the molecule is NC(=S)c1ccnnc1N1CCOc2ccccc2C1. The number of benzene rings is 1. The van der Waals surface area contributed by atoms with Gasteiger partial charge in [0.05, 0.1) is 18.3 Å². The van der Waals surface area contributed by atoms with E-state index in [9.17, 15) is 0 Å². The van der Waals surface area contributed by atoms with Gasteiger partial charge in [-0.2, -0.15) is 5.10 Å². The average molecular weight is 286 g/mol. The molecule has 0 saturated heterocycles. The van der Waals surface area contributed by atoms with Gasteiger partial charge in [-0.25, -0.2) is 0 Å². The van der Waals surface area contributed by atoms with Crippen LogP contribution in [0.3, 0.4) is 0 Å². The maximum Gasteiger partial charge on any atom is 0.161 e. The van der Waals surface area contributed by atoms with E-state index in [0.29, 0.717) is 30.5 Å². The lowest BCUT2D eigenvalue weighted by Crippen LogP contribution is -2.29. The van der Waals surface area contributed by atoms with Gasteiger partial charge in [0.1, 0.15) is 17.3 Å². The van der Waals surface area contributed by atoms with Crippen LogP contribution >= 0.6 is 12.2 Å². The highest BCUT2D eigenvalue weighted by Crippen LogP contribution is 2.26. The van der Waals surface area contributed by atoms with Crippen LogP contribution in [0.15, 0.2) is 36.5 Å². The van der Waals surface area contributed by atoms with Crippen molar-refractivity contribution >= 4 is 23.0 Å². The lowest BCUT2D eigenvalue weighted by Gasteiger charge is -2.22. The lowest BCUT2D eigenvalue weighted by atomic mass is 10.2. The molecule has 6 heteroatoms. The Morgan fingerprint density at radius 1 is 1.30 bits per heavy atom. The van der Waals surface area contributed by atoms with Crippen molar-refractivity contribution in [2.75, 3.05) is 18.1 Å². The molecule has 1 aromatic heterocycles. The predicted molar refractivity (Wildman–Crippen MR) is 80.9 cm³/mol. The molecule has 1 aliphatic heterocycles. The number of anilines is 1. The molecular formula is C14H14N4OS. The number of thiocarbonyl (C=S) groups is 1. The zero-order valence-electron chi connectivity index (χ0n) is 10.8. The first kappa shape index (κ1) is 12.8. The minimum Gasteiger partial charge on any atom is -0.491 e. The van der Waals surface area contributed by atoms with Crippen molar-refractivity contribution in [3.8, 4) is 5.75 Å². The summed E-state index contributed by atoms with van der Waals surface area (Å²) in [5, 5.41) is 8.13. The number of hydrogen-bond donors (Lipinski definition) is 1. The van der Waals surface area contributed by atoms with E-state index in [4.69, 9.17) is 22.7 Å². The number of rotatable bonds is 2. The van der Waals surface area contributed by atoms with Crippen LogP contribution in [0.2, 0.25) is 0 Å². The molecule has 0 bridgehead atoms. The van der Waals surface area contributed by atoms with E-state index in [2.05, 4.69) is 15.1 Å². The van der Waals surface area contributed by atoms with Crippen LogP contribution in [0.5, 0.6) is 5.75 Å². The lowest BCUT2D eigenvalue weighted by molar-refractivity contribution is 0.331. The number of aromatic nitrogens is 2. The Morgan fingerprint density at radius 2 is 2.15 bits per heavy atom. The summed E-state index contributed by atoms with van der Waals surface area (Å²) in [7, 11) is 0. The monoisotopic (exact) mass is 286 g/mol. The summed E-state index contributed by atoms with van der Waals surface area (Å²) in [5.74, 6) is 1.62. The zero-order chi connectivity index (χ0) is 13.9. The molecule has 0 amide bonds. The predicted octanol–water partition coefficient (Wildman–Crippen LogP) is 1.51. The molecule has 0 aliphatic carbocycles. The van der Waals surface area contributed by atoms with Crippen molar-refractivity contribution in [2.45, 2.75) is 6.54 Å². The van der Waals surface area contributed by atoms with E-state index in [0.717, 1.165) is 16.9 Å². The normalized spacial score (nSPS) is 14.1. The molecule has 102 valence electrons. The van der Waals surface area contributed by atoms with E-state index in [-0.39, 0.29) is 0 Å². The highest BCUT2D eigenvalue weighted by Gasteiger charge is 2.19. The summed E-state index contributed by atoms with van der Waals surface area (Å²) in [6.45, 7) is 2.00. The molecule has 3 rings (SSSR count). The van der Waals surface area contributed by atoms with E-state index in [1.54, 1.807) is 12.3 Å². The number of fused-ring (bicyclic) bond motifs is 1. The van der Waals surface area contributed by atoms with Crippen LogP contribution in [0.4, 0.5) is 5.82 Å². The third-order valence-corrected chi connectivity index (χ3v) is 3.44. The molecule has 0 atom stereocenters. The Bertz CT molecular complexity index is 647. The molecule has 0 unspecified atom stereocenters. The van der Waals surface area contributed by atoms with Crippen molar-refractivity contribution in [1.82, 2.24) is 10.2 Å². The molecular weight excluding hydrogens is 272 g/mol. The summed E-state index contributed by atoms with van der Waals surface area (Å²) < 4.78 is 5.75. The Balaban J connectivity index is 1.98. The fraction of sp³-hybridized carbons (Fsp3) is 0.214.